The molecule has 0 aromatic heterocycles. The summed E-state index contributed by atoms with van der Waals surface area (Å²) in [5.41, 5.74) is 1.23. The van der Waals surface area contributed by atoms with Crippen LogP contribution in [0.2, 0.25) is 0 Å². The van der Waals surface area contributed by atoms with Gasteiger partial charge in [-0.2, -0.15) is 0 Å². The molecule has 0 N–H and O–H groups in total. The Hall–Kier alpha value is -3.40. The highest BCUT2D eigenvalue weighted by Gasteiger charge is 2.18. The number of esters is 1. The Morgan fingerprint density at radius 2 is 1.36 bits per heavy atom. The van der Waals surface area contributed by atoms with E-state index in [1.165, 1.54) is 13.2 Å². The minimum absolute atomic E-state index is 0.169. The number of hydrogen-bond acceptors (Lipinski definition) is 4. The van der Waals surface area contributed by atoms with Gasteiger partial charge in [0.15, 0.2) is 5.78 Å². The highest BCUT2D eigenvalue weighted by molar-refractivity contribution is 6.11. The second kappa shape index (κ2) is 7.45. The molecular formula is C21H16O4. The minimum atomic E-state index is -0.532. The molecule has 0 amide bonds. The van der Waals surface area contributed by atoms with Gasteiger partial charge in [0.1, 0.15) is 11.5 Å². The van der Waals surface area contributed by atoms with Crippen molar-refractivity contribution in [2.45, 2.75) is 0 Å². The number of ketones is 1. The molecule has 0 heterocycles. The van der Waals surface area contributed by atoms with E-state index in [-0.39, 0.29) is 11.5 Å². The summed E-state index contributed by atoms with van der Waals surface area (Å²) < 4.78 is 10.7. The number of rotatable bonds is 5. The van der Waals surface area contributed by atoms with Crippen molar-refractivity contribution in [2.75, 3.05) is 7.11 Å². The molecule has 0 aliphatic rings. The second-order valence-electron chi connectivity index (χ2n) is 5.31. The second-order valence-corrected chi connectivity index (χ2v) is 5.31. The third-order valence-electron chi connectivity index (χ3n) is 3.68. The van der Waals surface area contributed by atoms with Gasteiger partial charge >= 0.3 is 5.97 Å². The first kappa shape index (κ1) is 16.5. The summed E-state index contributed by atoms with van der Waals surface area (Å²) in [5.74, 6) is -0.0855. The van der Waals surface area contributed by atoms with Gasteiger partial charge in [-0.25, -0.2) is 4.79 Å². The molecule has 25 heavy (non-hydrogen) atoms. The number of benzene rings is 3. The lowest BCUT2D eigenvalue weighted by molar-refractivity contribution is 0.0732. The van der Waals surface area contributed by atoms with Gasteiger partial charge in [0.05, 0.1) is 18.2 Å². The summed E-state index contributed by atoms with van der Waals surface area (Å²) in [6, 6.07) is 22.3. The molecule has 3 aromatic rings. The van der Waals surface area contributed by atoms with Crippen molar-refractivity contribution < 1.29 is 19.1 Å². The maximum atomic E-state index is 12.8. The zero-order chi connectivity index (χ0) is 17.6. The van der Waals surface area contributed by atoms with E-state index in [0.717, 1.165) is 0 Å². The van der Waals surface area contributed by atoms with Crippen molar-refractivity contribution >= 4 is 11.8 Å². The first-order valence-corrected chi connectivity index (χ1v) is 7.74. The van der Waals surface area contributed by atoms with Crippen LogP contribution in [0.4, 0.5) is 0 Å². The molecule has 0 bridgehead atoms. The highest BCUT2D eigenvalue weighted by Crippen LogP contribution is 2.28. The number of carbonyl (C=O) groups excluding carboxylic acids is 2. The van der Waals surface area contributed by atoms with E-state index in [2.05, 4.69) is 0 Å². The van der Waals surface area contributed by atoms with Crippen LogP contribution in [0.25, 0.3) is 0 Å². The topological polar surface area (TPSA) is 52.6 Å². The van der Waals surface area contributed by atoms with E-state index in [0.29, 0.717) is 22.4 Å². The molecule has 0 saturated carbocycles. The minimum Gasteiger partial charge on any atom is -0.497 e. The van der Waals surface area contributed by atoms with E-state index < -0.39 is 5.97 Å². The largest absolute Gasteiger partial charge is 0.497 e. The van der Waals surface area contributed by atoms with Crippen LogP contribution in [-0.4, -0.2) is 18.9 Å². The van der Waals surface area contributed by atoms with Gasteiger partial charge in [0.2, 0.25) is 0 Å². The molecule has 0 aliphatic heterocycles. The fourth-order valence-electron chi connectivity index (χ4n) is 2.38. The molecule has 0 radical (unpaired) electrons. The predicted molar refractivity (Wildman–Crippen MR) is 94.3 cm³/mol. The van der Waals surface area contributed by atoms with Crippen LogP contribution in [0.1, 0.15) is 26.3 Å². The average molecular weight is 332 g/mol. The molecule has 4 heteroatoms. The lowest BCUT2D eigenvalue weighted by Crippen LogP contribution is -2.12. The van der Waals surface area contributed by atoms with Gasteiger partial charge in [0, 0.05) is 11.6 Å². The maximum absolute atomic E-state index is 12.8. The van der Waals surface area contributed by atoms with Gasteiger partial charge in [-0.05, 0) is 24.3 Å². The standard InChI is InChI=1S/C21H16O4/c1-24-17-12-13-18(20(22)15-8-4-2-5-9-15)19(14-17)25-21(23)16-10-6-3-7-11-16/h2-14H,1H3. The van der Waals surface area contributed by atoms with Crippen molar-refractivity contribution in [3.05, 3.63) is 95.6 Å². The predicted octanol–water partition coefficient (Wildman–Crippen LogP) is 4.15. The SMILES string of the molecule is COc1ccc(C(=O)c2ccccc2)c(OC(=O)c2ccccc2)c1. The van der Waals surface area contributed by atoms with E-state index in [4.69, 9.17) is 9.47 Å². The van der Waals surface area contributed by atoms with Gasteiger partial charge in [-0.1, -0.05) is 48.5 Å². The van der Waals surface area contributed by atoms with E-state index >= 15 is 0 Å². The summed E-state index contributed by atoms with van der Waals surface area (Å²) in [5, 5.41) is 0. The van der Waals surface area contributed by atoms with Crippen molar-refractivity contribution in [3.63, 3.8) is 0 Å². The number of ether oxygens (including phenoxy) is 2. The molecule has 0 unspecified atom stereocenters. The molecule has 4 nitrogen and oxygen atoms in total. The summed E-state index contributed by atoms with van der Waals surface area (Å²) in [7, 11) is 1.51. The lowest BCUT2D eigenvalue weighted by atomic mass is 10.0. The summed E-state index contributed by atoms with van der Waals surface area (Å²) >= 11 is 0. The summed E-state index contributed by atoms with van der Waals surface area (Å²) in [4.78, 5) is 25.1. The fraction of sp³-hybridized carbons (Fsp3) is 0.0476. The van der Waals surface area contributed by atoms with Gasteiger partial charge in [-0.3, -0.25) is 4.79 Å². The Kier molecular flexibility index (Phi) is 4.90. The Balaban J connectivity index is 1.97. The van der Waals surface area contributed by atoms with E-state index in [9.17, 15) is 9.59 Å². The van der Waals surface area contributed by atoms with Crippen molar-refractivity contribution in [1.29, 1.82) is 0 Å². The zero-order valence-electron chi connectivity index (χ0n) is 13.6. The molecule has 0 atom stereocenters. The number of methoxy groups -OCH3 is 1. The van der Waals surface area contributed by atoms with Gasteiger partial charge in [0.25, 0.3) is 0 Å². The van der Waals surface area contributed by atoms with Crippen LogP contribution in [-0.2, 0) is 0 Å². The van der Waals surface area contributed by atoms with E-state index in [1.807, 2.05) is 12.1 Å². The summed E-state index contributed by atoms with van der Waals surface area (Å²) in [6.07, 6.45) is 0. The van der Waals surface area contributed by atoms with Crippen LogP contribution in [0.15, 0.2) is 78.9 Å². The lowest BCUT2D eigenvalue weighted by Gasteiger charge is -2.11. The monoisotopic (exact) mass is 332 g/mol. The van der Waals surface area contributed by atoms with E-state index in [1.54, 1.807) is 60.7 Å². The summed E-state index contributed by atoms with van der Waals surface area (Å²) in [6.45, 7) is 0. The zero-order valence-corrected chi connectivity index (χ0v) is 13.6. The quantitative estimate of drug-likeness (QED) is 0.400. The van der Waals surface area contributed by atoms with Crippen LogP contribution >= 0.6 is 0 Å². The van der Waals surface area contributed by atoms with Crippen LogP contribution in [0.5, 0.6) is 11.5 Å². The Morgan fingerprint density at radius 3 is 1.96 bits per heavy atom. The van der Waals surface area contributed by atoms with Crippen LogP contribution in [0, 0.1) is 0 Å². The third kappa shape index (κ3) is 3.75. The van der Waals surface area contributed by atoms with Gasteiger partial charge < -0.3 is 9.47 Å². The normalized spacial score (nSPS) is 10.1. The molecule has 0 saturated heterocycles. The molecule has 3 aromatic carbocycles. The van der Waals surface area contributed by atoms with Gasteiger partial charge in [-0.15, -0.1) is 0 Å². The average Bonchev–Trinajstić information content (AvgIpc) is 2.68. The maximum Gasteiger partial charge on any atom is 0.343 e. The molecule has 0 aliphatic carbocycles. The smallest absolute Gasteiger partial charge is 0.343 e. The molecule has 0 fully saturated rings. The molecule has 3 rings (SSSR count). The molecule has 0 spiro atoms. The van der Waals surface area contributed by atoms with Crippen LogP contribution in [0.3, 0.4) is 0 Å². The number of carbonyl (C=O) groups is 2. The third-order valence-corrected chi connectivity index (χ3v) is 3.68. The fourth-order valence-corrected chi connectivity index (χ4v) is 2.38. The first-order chi connectivity index (χ1) is 12.2. The Bertz CT molecular complexity index is 886. The molecule has 124 valence electrons. The van der Waals surface area contributed by atoms with Crippen molar-refractivity contribution in [1.82, 2.24) is 0 Å². The molecular weight excluding hydrogens is 316 g/mol. The Morgan fingerprint density at radius 1 is 0.760 bits per heavy atom. The van der Waals surface area contributed by atoms with Crippen molar-refractivity contribution in [2.24, 2.45) is 0 Å². The highest BCUT2D eigenvalue weighted by atomic mass is 16.5. The van der Waals surface area contributed by atoms with Crippen molar-refractivity contribution in [3.8, 4) is 11.5 Å². The number of hydrogen-bond donors (Lipinski definition) is 0. The van der Waals surface area contributed by atoms with Crippen LogP contribution < -0.4 is 9.47 Å². The Labute approximate surface area is 145 Å². The first-order valence-electron chi connectivity index (χ1n) is 7.74.